The number of methoxy groups -OCH3 is 1. The lowest BCUT2D eigenvalue weighted by Gasteiger charge is -2.16. The second kappa shape index (κ2) is 4.16. The zero-order valence-electron chi connectivity index (χ0n) is 8.66. The molecule has 1 aromatic carbocycles. The highest BCUT2D eigenvalue weighted by molar-refractivity contribution is 5.32. The van der Waals surface area contributed by atoms with Gasteiger partial charge < -0.3 is 4.74 Å². The van der Waals surface area contributed by atoms with Crippen LogP contribution in [0.5, 0.6) is 5.75 Å². The first-order chi connectivity index (χ1) is 7.26. The fourth-order valence-electron chi connectivity index (χ4n) is 1.80. The third-order valence-electron chi connectivity index (χ3n) is 2.81. The average molecular weight is 210 g/mol. The van der Waals surface area contributed by atoms with Gasteiger partial charge in [0.1, 0.15) is 0 Å². The summed E-state index contributed by atoms with van der Waals surface area (Å²) in [6, 6.07) is 4.99. The van der Waals surface area contributed by atoms with Crippen LogP contribution in [0.25, 0.3) is 0 Å². The molecule has 3 N–H and O–H groups in total. The van der Waals surface area contributed by atoms with Crippen LogP contribution in [0.2, 0.25) is 0 Å². The summed E-state index contributed by atoms with van der Waals surface area (Å²) in [7, 11) is 1.46. The summed E-state index contributed by atoms with van der Waals surface area (Å²) in [5, 5.41) is 0. The van der Waals surface area contributed by atoms with Gasteiger partial charge in [-0.25, -0.2) is 4.39 Å². The maximum absolute atomic E-state index is 13.2. The molecule has 4 heteroatoms. The van der Waals surface area contributed by atoms with Crippen molar-refractivity contribution in [2.45, 2.75) is 18.9 Å². The zero-order chi connectivity index (χ0) is 10.8. The van der Waals surface area contributed by atoms with Crippen molar-refractivity contribution in [1.29, 1.82) is 0 Å². The van der Waals surface area contributed by atoms with Crippen LogP contribution in [-0.2, 0) is 0 Å². The first-order valence-electron chi connectivity index (χ1n) is 5.06. The lowest BCUT2D eigenvalue weighted by Crippen LogP contribution is -2.29. The molecule has 1 saturated carbocycles. The number of benzene rings is 1. The molecular weight excluding hydrogens is 195 g/mol. The predicted octanol–water partition coefficient (Wildman–Crippen LogP) is 1.75. The first-order valence-corrected chi connectivity index (χ1v) is 5.06. The molecule has 1 aromatic rings. The van der Waals surface area contributed by atoms with Gasteiger partial charge in [-0.05, 0) is 36.5 Å². The lowest BCUT2D eigenvalue weighted by atomic mass is 10.0. The molecule has 0 saturated heterocycles. The SMILES string of the molecule is COc1cc(C(NN)C2CC2)ccc1F. The highest BCUT2D eigenvalue weighted by Crippen LogP contribution is 2.41. The number of ether oxygens (including phenoxy) is 1. The van der Waals surface area contributed by atoms with E-state index in [1.165, 1.54) is 26.0 Å². The third-order valence-corrected chi connectivity index (χ3v) is 2.81. The maximum Gasteiger partial charge on any atom is 0.165 e. The third kappa shape index (κ3) is 2.11. The van der Waals surface area contributed by atoms with Gasteiger partial charge in [0.25, 0.3) is 0 Å². The van der Waals surface area contributed by atoms with Gasteiger partial charge in [0.15, 0.2) is 11.6 Å². The predicted molar refractivity (Wildman–Crippen MR) is 55.7 cm³/mol. The first kappa shape index (κ1) is 10.4. The fourth-order valence-corrected chi connectivity index (χ4v) is 1.80. The minimum atomic E-state index is -0.340. The number of halogens is 1. The standard InChI is InChI=1S/C11H15FN2O/c1-15-10-6-8(4-5-9(10)12)11(14-13)7-2-3-7/h4-7,11,14H,2-3,13H2,1H3. The van der Waals surface area contributed by atoms with Gasteiger partial charge in [0, 0.05) is 6.04 Å². The van der Waals surface area contributed by atoms with Gasteiger partial charge in [-0.15, -0.1) is 0 Å². The molecule has 1 atom stereocenters. The Morgan fingerprint density at radius 2 is 2.27 bits per heavy atom. The van der Waals surface area contributed by atoms with Gasteiger partial charge in [-0.2, -0.15) is 0 Å². The van der Waals surface area contributed by atoms with Crippen molar-refractivity contribution in [3.8, 4) is 5.75 Å². The van der Waals surface area contributed by atoms with E-state index in [0.29, 0.717) is 5.92 Å². The highest BCUT2D eigenvalue weighted by Gasteiger charge is 2.31. The number of nitrogens with one attached hydrogen (secondary N) is 1. The minimum absolute atomic E-state index is 0.111. The summed E-state index contributed by atoms with van der Waals surface area (Å²) in [4.78, 5) is 0. The molecule has 1 aliphatic rings. The Hall–Kier alpha value is -1.13. The smallest absolute Gasteiger partial charge is 0.165 e. The molecule has 15 heavy (non-hydrogen) atoms. The number of hydrogen-bond donors (Lipinski definition) is 2. The lowest BCUT2D eigenvalue weighted by molar-refractivity contribution is 0.384. The van der Waals surface area contributed by atoms with Crippen molar-refractivity contribution in [3.63, 3.8) is 0 Å². The molecule has 0 spiro atoms. The topological polar surface area (TPSA) is 47.3 Å². The van der Waals surface area contributed by atoms with E-state index in [-0.39, 0.29) is 17.6 Å². The van der Waals surface area contributed by atoms with Gasteiger partial charge >= 0.3 is 0 Å². The molecule has 0 aliphatic heterocycles. The van der Waals surface area contributed by atoms with E-state index in [1.807, 2.05) is 0 Å². The summed E-state index contributed by atoms with van der Waals surface area (Å²) in [6.45, 7) is 0. The van der Waals surface area contributed by atoms with Crippen molar-refractivity contribution in [2.75, 3.05) is 7.11 Å². The summed E-state index contributed by atoms with van der Waals surface area (Å²) >= 11 is 0. The van der Waals surface area contributed by atoms with Gasteiger partial charge in [0.05, 0.1) is 7.11 Å². The summed E-state index contributed by atoms with van der Waals surface area (Å²) in [6.07, 6.45) is 2.35. The number of hydrogen-bond acceptors (Lipinski definition) is 3. The molecule has 0 radical (unpaired) electrons. The Balaban J connectivity index is 2.26. The Morgan fingerprint density at radius 1 is 1.53 bits per heavy atom. The van der Waals surface area contributed by atoms with E-state index >= 15 is 0 Å². The van der Waals surface area contributed by atoms with Crippen LogP contribution in [-0.4, -0.2) is 7.11 Å². The molecule has 1 unspecified atom stereocenters. The van der Waals surface area contributed by atoms with Crippen molar-refractivity contribution in [2.24, 2.45) is 11.8 Å². The molecule has 82 valence electrons. The normalized spacial score (nSPS) is 17.5. The largest absolute Gasteiger partial charge is 0.494 e. The van der Waals surface area contributed by atoms with E-state index < -0.39 is 0 Å². The Morgan fingerprint density at radius 3 is 2.80 bits per heavy atom. The van der Waals surface area contributed by atoms with Crippen LogP contribution >= 0.6 is 0 Å². The molecule has 0 amide bonds. The summed E-state index contributed by atoms with van der Waals surface area (Å²) in [5.41, 5.74) is 3.76. The van der Waals surface area contributed by atoms with Crippen LogP contribution in [0.15, 0.2) is 18.2 Å². The van der Waals surface area contributed by atoms with Crippen LogP contribution < -0.4 is 16.0 Å². The van der Waals surface area contributed by atoms with Gasteiger partial charge in [0.2, 0.25) is 0 Å². The van der Waals surface area contributed by atoms with Crippen LogP contribution in [0.1, 0.15) is 24.4 Å². The van der Waals surface area contributed by atoms with Crippen molar-refractivity contribution >= 4 is 0 Å². The van der Waals surface area contributed by atoms with Crippen molar-refractivity contribution in [3.05, 3.63) is 29.6 Å². The van der Waals surface area contributed by atoms with Gasteiger partial charge in [-0.3, -0.25) is 11.3 Å². The quantitative estimate of drug-likeness (QED) is 0.588. The number of rotatable bonds is 4. The molecule has 3 nitrogen and oxygen atoms in total. The van der Waals surface area contributed by atoms with Gasteiger partial charge in [-0.1, -0.05) is 6.07 Å². The fraction of sp³-hybridized carbons (Fsp3) is 0.455. The van der Waals surface area contributed by atoms with Crippen LogP contribution in [0.4, 0.5) is 4.39 Å². The molecule has 0 aromatic heterocycles. The van der Waals surface area contributed by atoms with E-state index in [0.717, 1.165) is 5.56 Å². The molecule has 1 aliphatic carbocycles. The van der Waals surface area contributed by atoms with E-state index in [4.69, 9.17) is 10.6 Å². The second-order valence-corrected chi connectivity index (χ2v) is 3.88. The van der Waals surface area contributed by atoms with E-state index in [9.17, 15) is 4.39 Å². The monoisotopic (exact) mass is 210 g/mol. The van der Waals surface area contributed by atoms with Crippen LogP contribution in [0.3, 0.4) is 0 Å². The summed E-state index contributed by atoms with van der Waals surface area (Å²) < 4.78 is 18.1. The Bertz CT molecular complexity index is 352. The average Bonchev–Trinajstić information content (AvgIpc) is 3.06. The molecule has 2 rings (SSSR count). The second-order valence-electron chi connectivity index (χ2n) is 3.88. The maximum atomic E-state index is 13.2. The Labute approximate surface area is 88.4 Å². The van der Waals surface area contributed by atoms with Crippen molar-refractivity contribution < 1.29 is 9.13 Å². The molecular formula is C11H15FN2O. The highest BCUT2D eigenvalue weighted by atomic mass is 19.1. The van der Waals surface area contributed by atoms with E-state index in [2.05, 4.69) is 5.43 Å². The number of nitrogens with two attached hydrogens (primary N) is 1. The molecule has 1 fully saturated rings. The van der Waals surface area contributed by atoms with Crippen LogP contribution in [0, 0.1) is 11.7 Å². The van der Waals surface area contributed by atoms with Crippen molar-refractivity contribution in [1.82, 2.24) is 5.43 Å². The summed E-state index contributed by atoms with van der Waals surface area (Å²) in [5.74, 6) is 6.00. The minimum Gasteiger partial charge on any atom is -0.494 e. The number of hydrazine groups is 1. The molecule has 0 bridgehead atoms. The Kier molecular flexibility index (Phi) is 2.88. The van der Waals surface area contributed by atoms with E-state index in [1.54, 1.807) is 12.1 Å². The molecule has 0 heterocycles. The zero-order valence-corrected chi connectivity index (χ0v) is 8.66.